The first-order valence-corrected chi connectivity index (χ1v) is 10.4. The molecule has 2 heterocycles. The Morgan fingerprint density at radius 2 is 1.89 bits per heavy atom. The fourth-order valence-electron chi connectivity index (χ4n) is 3.45. The van der Waals surface area contributed by atoms with Crippen LogP contribution in [0.5, 0.6) is 0 Å². The average Bonchev–Trinajstić information content (AvgIpc) is 3.01. The van der Waals surface area contributed by atoms with E-state index < -0.39 is 24.0 Å². The number of nitrogens with zero attached hydrogens (tertiary/aromatic N) is 2. The van der Waals surface area contributed by atoms with Gasteiger partial charge in [0.25, 0.3) is 11.9 Å². The fraction of sp³-hybridized carbons (Fsp3) is 0.0400. The van der Waals surface area contributed by atoms with Crippen LogP contribution in [0.15, 0.2) is 94.8 Å². The van der Waals surface area contributed by atoms with Gasteiger partial charge in [-0.2, -0.15) is 5.26 Å². The molecule has 6 N–H and O–H groups in total. The van der Waals surface area contributed by atoms with Crippen LogP contribution in [-0.4, -0.2) is 35.9 Å². The minimum Gasteiger partial charge on any atom is -0.407 e. The van der Waals surface area contributed by atoms with Gasteiger partial charge < -0.3 is 26.1 Å². The molecular weight excluding hydrogens is 444 g/mol. The zero-order chi connectivity index (χ0) is 24.8. The number of aliphatic imine (C=N–C) groups is 1. The summed E-state index contributed by atoms with van der Waals surface area (Å²) in [6.45, 7) is 0. The molecule has 0 saturated heterocycles. The lowest BCUT2D eigenvalue weighted by atomic mass is 10.0. The minimum atomic E-state index is -1.21. The Bertz CT molecular complexity index is 1380. The molecule has 0 bridgehead atoms. The molecule has 1 amide bonds. The molecule has 0 aliphatic carbocycles. The smallest absolute Gasteiger partial charge is 0.290 e. The second kappa shape index (κ2) is 10.1. The van der Waals surface area contributed by atoms with Crippen molar-refractivity contribution in [3.8, 4) is 6.07 Å². The lowest BCUT2D eigenvalue weighted by Crippen LogP contribution is -2.43. The second-order valence-electron chi connectivity index (χ2n) is 7.35. The third-order valence-corrected chi connectivity index (χ3v) is 5.08. The van der Waals surface area contributed by atoms with Crippen molar-refractivity contribution in [3.05, 3.63) is 101 Å². The van der Waals surface area contributed by atoms with Crippen molar-refractivity contribution in [2.75, 3.05) is 5.32 Å². The van der Waals surface area contributed by atoms with Gasteiger partial charge in [-0.25, -0.2) is 4.99 Å². The van der Waals surface area contributed by atoms with Gasteiger partial charge in [0.1, 0.15) is 0 Å². The van der Waals surface area contributed by atoms with E-state index in [0.717, 1.165) is 17.3 Å². The monoisotopic (exact) mass is 464 g/mol. The molecule has 10 nitrogen and oxygen atoms in total. The van der Waals surface area contributed by atoms with Crippen LogP contribution in [0.1, 0.15) is 11.1 Å². The van der Waals surface area contributed by atoms with Crippen molar-refractivity contribution in [1.82, 2.24) is 10.6 Å². The molecule has 0 radical (unpaired) electrons. The number of carbonyl (C=O) groups is 1. The molecule has 10 heteroatoms. The highest BCUT2D eigenvalue weighted by atomic mass is 16.5. The van der Waals surface area contributed by atoms with Crippen LogP contribution in [0.2, 0.25) is 0 Å². The van der Waals surface area contributed by atoms with Crippen molar-refractivity contribution >= 4 is 35.4 Å². The van der Waals surface area contributed by atoms with Crippen molar-refractivity contribution in [3.63, 3.8) is 0 Å². The predicted molar refractivity (Wildman–Crippen MR) is 132 cm³/mol. The molecular formula is C25H20N8O2. The maximum Gasteiger partial charge on any atom is 0.290 e. The van der Waals surface area contributed by atoms with Gasteiger partial charge in [0, 0.05) is 23.5 Å². The number of fused-ring (bicyclic) bond motifs is 1. The Morgan fingerprint density at radius 1 is 1.14 bits per heavy atom. The SMILES string of the molecule is N#CC1=C/C(=C(/C=N)C(=N)OC(=N)NC2N=C(c3ccccc3)c3ccccc3NC2=O)NC=C1. The van der Waals surface area contributed by atoms with E-state index in [-0.39, 0.29) is 5.57 Å². The first kappa shape index (κ1) is 22.9. The summed E-state index contributed by atoms with van der Waals surface area (Å²) in [4.78, 5) is 17.5. The standard InChI is InChI=1S/C25H20N8O2/c26-13-15-10-11-30-20(12-15)18(14-27)22(28)35-25(29)33-23-24(34)31-19-9-5-4-8-17(19)21(32-23)16-6-2-1-3-7-16/h1-12,14,23,27-28,30H,(H2,29,33)(H,31,34)/b20-18+,27-14?,28-22?. The van der Waals surface area contributed by atoms with E-state index in [1.165, 1.54) is 12.3 Å². The van der Waals surface area contributed by atoms with E-state index >= 15 is 0 Å². The van der Waals surface area contributed by atoms with Crippen molar-refractivity contribution in [1.29, 1.82) is 21.5 Å². The summed E-state index contributed by atoms with van der Waals surface area (Å²) in [7, 11) is 0. The van der Waals surface area contributed by atoms with E-state index in [2.05, 4.69) is 20.9 Å². The summed E-state index contributed by atoms with van der Waals surface area (Å²) in [5.74, 6) is -1.03. The number of benzodiazepines with no additional fused rings is 1. The maximum atomic E-state index is 12.9. The molecule has 2 aliphatic heterocycles. The van der Waals surface area contributed by atoms with Crippen LogP contribution in [0, 0.1) is 27.6 Å². The Kier molecular flexibility index (Phi) is 6.60. The van der Waals surface area contributed by atoms with Gasteiger partial charge >= 0.3 is 0 Å². The Morgan fingerprint density at radius 3 is 2.63 bits per heavy atom. The van der Waals surface area contributed by atoms with Gasteiger partial charge in [0.05, 0.1) is 34.3 Å². The molecule has 2 aromatic rings. The quantitative estimate of drug-likeness (QED) is 0.301. The van der Waals surface area contributed by atoms with E-state index in [9.17, 15) is 4.79 Å². The van der Waals surface area contributed by atoms with Crippen LogP contribution < -0.4 is 16.0 Å². The molecule has 172 valence electrons. The first-order valence-electron chi connectivity index (χ1n) is 10.4. The van der Waals surface area contributed by atoms with Crippen molar-refractivity contribution in [2.45, 2.75) is 6.17 Å². The number of dihydropyridines is 1. The highest BCUT2D eigenvalue weighted by Gasteiger charge is 2.27. The Labute approximate surface area is 200 Å². The number of allylic oxidation sites excluding steroid dienone is 3. The fourth-order valence-corrected chi connectivity index (χ4v) is 3.45. The molecule has 2 aromatic carbocycles. The normalized spacial score (nSPS) is 17.7. The largest absolute Gasteiger partial charge is 0.407 e. The first-order chi connectivity index (χ1) is 17.0. The van der Waals surface area contributed by atoms with E-state index in [0.29, 0.717) is 22.7 Å². The maximum absolute atomic E-state index is 12.9. The molecule has 0 fully saturated rings. The topological polar surface area (TPSA) is 170 Å². The van der Waals surface area contributed by atoms with Crippen LogP contribution in [0.25, 0.3) is 0 Å². The number of amides is 1. The van der Waals surface area contributed by atoms with Crippen LogP contribution in [0.4, 0.5) is 5.69 Å². The van der Waals surface area contributed by atoms with Gasteiger partial charge in [-0.15, -0.1) is 0 Å². The van der Waals surface area contributed by atoms with E-state index in [1.54, 1.807) is 18.2 Å². The van der Waals surface area contributed by atoms with Crippen molar-refractivity contribution < 1.29 is 9.53 Å². The summed E-state index contributed by atoms with van der Waals surface area (Å²) in [6.07, 6.45) is 4.17. The number of carbonyl (C=O) groups excluding carboxylic acids is 1. The summed E-state index contributed by atoms with van der Waals surface area (Å²) in [5, 5.41) is 41.4. The van der Waals surface area contributed by atoms with Gasteiger partial charge in [0.2, 0.25) is 12.1 Å². The number of anilines is 1. The average molecular weight is 464 g/mol. The lowest BCUT2D eigenvalue weighted by molar-refractivity contribution is -0.117. The third kappa shape index (κ3) is 5.04. The van der Waals surface area contributed by atoms with Gasteiger partial charge in [0.15, 0.2) is 0 Å². The summed E-state index contributed by atoms with van der Waals surface area (Å²) >= 11 is 0. The number of nitriles is 1. The summed E-state index contributed by atoms with van der Waals surface area (Å²) < 4.78 is 5.26. The number of para-hydroxylation sites is 1. The lowest BCUT2D eigenvalue weighted by Gasteiger charge is -2.17. The van der Waals surface area contributed by atoms with Gasteiger partial charge in [-0.3, -0.25) is 15.6 Å². The molecule has 2 aliphatic rings. The molecule has 35 heavy (non-hydrogen) atoms. The number of ether oxygens (including phenoxy) is 1. The molecule has 1 atom stereocenters. The molecule has 0 aromatic heterocycles. The van der Waals surface area contributed by atoms with Gasteiger partial charge in [-0.1, -0.05) is 48.5 Å². The predicted octanol–water partition coefficient (Wildman–Crippen LogP) is 2.79. The van der Waals surface area contributed by atoms with E-state index in [1.807, 2.05) is 48.5 Å². The van der Waals surface area contributed by atoms with Crippen LogP contribution in [-0.2, 0) is 9.53 Å². The summed E-state index contributed by atoms with van der Waals surface area (Å²) in [5.41, 5.74) is 3.28. The second-order valence-corrected chi connectivity index (χ2v) is 7.35. The van der Waals surface area contributed by atoms with Crippen molar-refractivity contribution in [2.24, 2.45) is 4.99 Å². The third-order valence-electron chi connectivity index (χ3n) is 5.08. The minimum absolute atomic E-state index is 0.0137. The number of hydrogen-bond donors (Lipinski definition) is 6. The van der Waals surface area contributed by atoms with Gasteiger partial charge in [-0.05, 0) is 18.2 Å². The number of nitrogens with one attached hydrogen (secondary N) is 6. The summed E-state index contributed by atoms with van der Waals surface area (Å²) in [6, 6.07) is 18.0. The van der Waals surface area contributed by atoms with E-state index in [4.69, 9.17) is 26.2 Å². The van der Waals surface area contributed by atoms with Crippen LogP contribution >= 0.6 is 0 Å². The molecule has 1 unspecified atom stereocenters. The Balaban J connectivity index is 1.58. The van der Waals surface area contributed by atoms with Crippen LogP contribution in [0.3, 0.4) is 0 Å². The zero-order valence-corrected chi connectivity index (χ0v) is 18.3. The molecule has 4 rings (SSSR count). The zero-order valence-electron chi connectivity index (χ0n) is 18.3. The highest BCUT2D eigenvalue weighted by molar-refractivity contribution is 6.20. The number of rotatable bonds is 4. The Hall–Kier alpha value is -5.30. The number of amidine groups is 1. The molecule has 0 spiro atoms. The highest BCUT2D eigenvalue weighted by Crippen LogP contribution is 2.23. The number of benzene rings is 2. The molecule has 0 saturated carbocycles. The number of hydrogen-bond acceptors (Lipinski definition) is 8.